The van der Waals surface area contributed by atoms with E-state index >= 15 is 0 Å². The number of guanidine groups is 1. The van der Waals surface area contributed by atoms with E-state index in [1.165, 1.54) is 25.7 Å². The van der Waals surface area contributed by atoms with Crippen LogP contribution in [0.3, 0.4) is 0 Å². The summed E-state index contributed by atoms with van der Waals surface area (Å²) in [6.07, 6.45) is 10.9. The van der Waals surface area contributed by atoms with Crippen LogP contribution in [-0.4, -0.2) is 44.8 Å². The molecule has 0 spiro atoms. The monoisotopic (exact) mass is 509 g/mol. The van der Waals surface area contributed by atoms with Crippen molar-refractivity contribution < 1.29 is 0 Å². The van der Waals surface area contributed by atoms with Crippen molar-refractivity contribution in [3.05, 3.63) is 42.2 Å². The normalized spacial score (nSPS) is 23.1. The average Bonchev–Trinajstić information content (AvgIpc) is 3.45. The maximum absolute atomic E-state index is 4.84. The average molecular weight is 509 g/mol. The van der Waals surface area contributed by atoms with E-state index in [2.05, 4.69) is 43.4 Å². The van der Waals surface area contributed by atoms with Crippen LogP contribution < -0.4 is 10.6 Å². The van der Waals surface area contributed by atoms with E-state index in [9.17, 15) is 0 Å². The van der Waals surface area contributed by atoms with Crippen molar-refractivity contribution in [3.63, 3.8) is 0 Å². The van der Waals surface area contributed by atoms with Crippen LogP contribution in [0.5, 0.6) is 0 Å². The second-order valence-corrected chi connectivity index (χ2v) is 7.95. The molecule has 0 amide bonds. The highest BCUT2D eigenvalue weighted by Crippen LogP contribution is 2.44. The molecule has 0 aliphatic heterocycles. The molecule has 2 saturated carbocycles. The van der Waals surface area contributed by atoms with Gasteiger partial charge in [-0.05, 0) is 43.2 Å². The number of aryl methyl sites for hydroxylation is 1. The molecule has 29 heavy (non-hydrogen) atoms. The van der Waals surface area contributed by atoms with Crippen LogP contribution in [0.2, 0.25) is 0 Å². The number of pyridine rings is 1. The van der Waals surface area contributed by atoms with Crippen molar-refractivity contribution in [1.29, 1.82) is 0 Å². The number of aromatic nitrogens is 4. The summed E-state index contributed by atoms with van der Waals surface area (Å²) >= 11 is 0. The fourth-order valence-corrected chi connectivity index (χ4v) is 4.61. The van der Waals surface area contributed by atoms with Crippen molar-refractivity contribution >= 4 is 29.9 Å². The quantitative estimate of drug-likeness (QED) is 0.325. The van der Waals surface area contributed by atoms with Gasteiger partial charge >= 0.3 is 0 Å². The largest absolute Gasteiger partial charge is 0.355 e. The molecule has 2 bridgehead atoms. The minimum absolute atomic E-state index is 0. The first-order valence-electron chi connectivity index (χ1n) is 10.6. The lowest BCUT2D eigenvalue weighted by atomic mass is 9.95. The molecule has 3 unspecified atom stereocenters. The van der Waals surface area contributed by atoms with Crippen molar-refractivity contribution in [2.45, 2.75) is 58.0 Å². The van der Waals surface area contributed by atoms with E-state index in [1.54, 1.807) is 0 Å². The Labute approximate surface area is 190 Å². The highest BCUT2D eigenvalue weighted by molar-refractivity contribution is 14.0. The van der Waals surface area contributed by atoms with Gasteiger partial charge in [-0.3, -0.25) is 9.98 Å². The Hall–Kier alpha value is -1.71. The zero-order valence-electron chi connectivity index (χ0n) is 17.1. The lowest BCUT2D eigenvalue weighted by Crippen LogP contribution is -2.46. The molecule has 0 saturated heterocycles. The molecule has 0 aromatic carbocycles. The number of halogens is 1. The van der Waals surface area contributed by atoms with Crippen LogP contribution in [0.15, 0.2) is 35.7 Å². The Bertz CT molecular complexity index is 776. The molecule has 2 aliphatic rings. The summed E-state index contributed by atoms with van der Waals surface area (Å²) in [5.74, 6) is 3.69. The lowest BCUT2D eigenvalue weighted by molar-refractivity contribution is 0.387. The summed E-state index contributed by atoms with van der Waals surface area (Å²) < 4.78 is 2.11. The Morgan fingerprint density at radius 3 is 2.93 bits per heavy atom. The Morgan fingerprint density at radius 1 is 1.28 bits per heavy atom. The van der Waals surface area contributed by atoms with Crippen molar-refractivity contribution in [2.24, 2.45) is 16.8 Å². The number of fused-ring (bicyclic) bond motifs is 2. The van der Waals surface area contributed by atoms with Gasteiger partial charge in [-0.25, -0.2) is 0 Å². The van der Waals surface area contributed by atoms with Gasteiger partial charge in [0, 0.05) is 50.4 Å². The van der Waals surface area contributed by atoms with Crippen molar-refractivity contribution in [3.8, 4) is 0 Å². The van der Waals surface area contributed by atoms with E-state index in [0.29, 0.717) is 6.04 Å². The van der Waals surface area contributed by atoms with Crippen LogP contribution in [0.1, 0.15) is 44.1 Å². The maximum atomic E-state index is 4.84. The molecule has 2 aromatic heterocycles. The number of nitrogens with one attached hydrogen (secondary N) is 2. The lowest BCUT2D eigenvalue weighted by Gasteiger charge is -2.25. The predicted molar refractivity (Wildman–Crippen MR) is 125 cm³/mol. The highest BCUT2D eigenvalue weighted by Gasteiger charge is 2.39. The molecular weight excluding hydrogens is 477 g/mol. The standard InChI is InChI=1S/C21H31N7.HI/c1-2-20-27-25-15-28(20)12-11-24-21(23-10-8-18-5-3-4-9-22-18)26-19-14-16-6-7-17(19)13-16;/h3-5,9,15-17,19H,2,6-8,10-14H2,1H3,(H2,23,24,26);1H. The zero-order valence-corrected chi connectivity index (χ0v) is 19.5. The van der Waals surface area contributed by atoms with Gasteiger partial charge in [0.2, 0.25) is 0 Å². The fraction of sp³-hybridized carbons (Fsp3) is 0.619. The third-order valence-electron chi connectivity index (χ3n) is 6.08. The molecule has 2 N–H and O–H groups in total. The fourth-order valence-electron chi connectivity index (χ4n) is 4.61. The van der Waals surface area contributed by atoms with E-state index < -0.39 is 0 Å². The van der Waals surface area contributed by atoms with Crippen LogP contribution in [0.25, 0.3) is 0 Å². The Morgan fingerprint density at radius 2 is 2.21 bits per heavy atom. The van der Waals surface area contributed by atoms with Gasteiger partial charge in [0.05, 0.1) is 0 Å². The molecule has 2 heterocycles. The topological polar surface area (TPSA) is 80.0 Å². The number of aliphatic imine (C=N–C) groups is 1. The van der Waals surface area contributed by atoms with Crippen molar-refractivity contribution in [2.75, 3.05) is 13.1 Å². The first kappa shape index (κ1) is 22.0. The molecular formula is C21H32IN7. The smallest absolute Gasteiger partial charge is 0.191 e. The Kier molecular flexibility index (Phi) is 8.26. The molecule has 7 nitrogen and oxygen atoms in total. The molecule has 4 rings (SSSR count). The second-order valence-electron chi connectivity index (χ2n) is 7.95. The summed E-state index contributed by atoms with van der Waals surface area (Å²) in [5, 5.41) is 15.4. The van der Waals surface area contributed by atoms with Gasteiger partial charge in [0.1, 0.15) is 12.2 Å². The van der Waals surface area contributed by atoms with Crippen LogP contribution in [0, 0.1) is 11.8 Å². The second kappa shape index (κ2) is 10.9. The van der Waals surface area contributed by atoms with Gasteiger partial charge in [0.15, 0.2) is 5.96 Å². The van der Waals surface area contributed by atoms with Crippen LogP contribution in [-0.2, 0) is 19.4 Å². The van der Waals surface area contributed by atoms with Crippen molar-refractivity contribution in [1.82, 2.24) is 30.4 Å². The third kappa shape index (κ3) is 5.90. The molecule has 2 fully saturated rings. The first-order valence-corrected chi connectivity index (χ1v) is 10.6. The number of rotatable bonds is 8. The maximum Gasteiger partial charge on any atom is 0.191 e. The van der Waals surface area contributed by atoms with Gasteiger partial charge in [-0.2, -0.15) is 0 Å². The van der Waals surface area contributed by atoms with Gasteiger partial charge in [0.25, 0.3) is 0 Å². The number of hydrogen-bond acceptors (Lipinski definition) is 4. The predicted octanol–water partition coefficient (Wildman–Crippen LogP) is 2.82. The van der Waals surface area contributed by atoms with E-state index in [1.807, 2.05) is 24.7 Å². The van der Waals surface area contributed by atoms with Crippen LogP contribution in [0.4, 0.5) is 0 Å². The van der Waals surface area contributed by atoms with Crippen LogP contribution >= 0.6 is 24.0 Å². The molecule has 3 atom stereocenters. The summed E-state index contributed by atoms with van der Waals surface area (Å²) in [4.78, 5) is 9.24. The minimum Gasteiger partial charge on any atom is -0.355 e. The number of nitrogens with zero attached hydrogens (tertiary/aromatic N) is 5. The molecule has 2 aliphatic carbocycles. The highest BCUT2D eigenvalue weighted by atomic mass is 127. The van der Waals surface area contributed by atoms with E-state index in [-0.39, 0.29) is 24.0 Å². The molecule has 8 heteroatoms. The summed E-state index contributed by atoms with van der Waals surface area (Å²) in [6.45, 7) is 4.49. The van der Waals surface area contributed by atoms with Gasteiger partial charge in [-0.1, -0.05) is 19.4 Å². The summed E-state index contributed by atoms with van der Waals surface area (Å²) in [5.41, 5.74) is 1.09. The number of hydrogen-bond donors (Lipinski definition) is 2. The molecule has 0 radical (unpaired) electrons. The SMILES string of the molecule is CCc1nncn1CCNC(=NCCc1ccccn1)NC1CC2CCC1C2.I. The zero-order chi connectivity index (χ0) is 19.2. The minimum atomic E-state index is 0. The third-order valence-corrected chi connectivity index (χ3v) is 6.08. The molecule has 158 valence electrons. The Balaban J connectivity index is 0.00000240. The first-order chi connectivity index (χ1) is 13.8. The van der Waals surface area contributed by atoms with E-state index in [4.69, 9.17) is 4.99 Å². The molecule has 2 aromatic rings. The van der Waals surface area contributed by atoms with E-state index in [0.717, 1.165) is 61.8 Å². The summed E-state index contributed by atoms with van der Waals surface area (Å²) in [6, 6.07) is 6.61. The van der Waals surface area contributed by atoms with Gasteiger partial charge in [-0.15, -0.1) is 34.2 Å². The summed E-state index contributed by atoms with van der Waals surface area (Å²) in [7, 11) is 0. The van der Waals surface area contributed by atoms with Gasteiger partial charge < -0.3 is 15.2 Å².